The number of fused-ring (bicyclic) bond motifs is 1. The molecule has 5 heteroatoms. The van der Waals surface area contributed by atoms with Crippen LogP contribution in [-0.2, 0) is 20.7 Å². The van der Waals surface area contributed by atoms with Crippen molar-refractivity contribution in [1.29, 1.82) is 0 Å². The molecule has 1 atom stereocenters. The van der Waals surface area contributed by atoms with Gasteiger partial charge in [-0.15, -0.1) is 0 Å². The van der Waals surface area contributed by atoms with Crippen LogP contribution in [0, 0.1) is 0 Å². The normalized spacial score (nSPS) is 17.6. The van der Waals surface area contributed by atoms with E-state index in [1.807, 2.05) is 6.07 Å². The molecule has 0 fully saturated rings. The van der Waals surface area contributed by atoms with Crippen LogP contribution in [0.1, 0.15) is 36.2 Å². The molecule has 0 aliphatic heterocycles. The lowest BCUT2D eigenvalue weighted by Crippen LogP contribution is -2.36. The second-order valence-electron chi connectivity index (χ2n) is 4.87. The topological polar surface area (TPSA) is 63.7 Å². The van der Waals surface area contributed by atoms with Crippen molar-refractivity contribution < 1.29 is 19.1 Å². The van der Waals surface area contributed by atoms with Crippen molar-refractivity contribution in [3.63, 3.8) is 0 Å². The predicted octanol–water partition coefficient (Wildman–Crippen LogP) is 1.73. The average Bonchev–Trinajstić information content (AvgIpc) is 2.37. The van der Waals surface area contributed by atoms with Gasteiger partial charge >= 0.3 is 0 Å². The highest BCUT2D eigenvalue weighted by Gasteiger charge is 2.30. The molecule has 0 N–H and O–H groups in total. The quantitative estimate of drug-likeness (QED) is 0.824. The predicted molar refractivity (Wildman–Crippen MR) is 73.7 cm³/mol. The molecule has 0 heterocycles. The molecule has 0 aromatic heterocycles. The Morgan fingerprint density at radius 2 is 1.85 bits per heavy atom. The summed E-state index contributed by atoms with van der Waals surface area (Å²) in [7, 11) is 1.57. The highest BCUT2D eigenvalue weighted by molar-refractivity contribution is 6.17. The fourth-order valence-electron chi connectivity index (χ4n) is 2.62. The molecule has 1 unspecified atom stereocenters. The molecule has 1 aliphatic carbocycles. The first-order valence-electron chi connectivity index (χ1n) is 6.44. The molecule has 5 nitrogen and oxygen atoms in total. The van der Waals surface area contributed by atoms with Crippen molar-refractivity contribution in [3.05, 3.63) is 29.3 Å². The van der Waals surface area contributed by atoms with Gasteiger partial charge in [-0.25, -0.2) is 0 Å². The van der Waals surface area contributed by atoms with E-state index in [1.54, 1.807) is 19.2 Å². The van der Waals surface area contributed by atoms with Gasteiger partial charge in [-0.3, -0.25) is 19.3 Å². The van der Waals surface area contributed by atoms with Crippen LogP contribution in [0.2, 0.25) is 0 Å². The molecule has 1 aromatic rings. The molecule has 0 spiro atoms. The number of anilines is 1. The van der Waals surface area contributed by atoms with E-state index >= 15 is 0 Å². The van der Waals surface area contributed by atoms with E-state index in [1.165, 1.54) is 13.8 Å². The van der Waals surface area contributed by atoms with Crippen molar-refractivity contribution in [2.45, 2.75) is 32.8 Å². The van der Waals surface area contributed by atoms with Crippen molar-refractivity contribution in [2.24, 2.45) is 0 Å². The molecule has 20 heavy (non-hydrogen) atoms. The Bertz CT molecular complexity index is 565. The number of benzene rings is 1. The number of ether oxygens (including phenoxy) is 1. The fourth-order valence-corrected chi connectivity index (χ4v) is 2.62. The van der Waals surface area contributed by atoms with Gasteiger partial charge in [0, 0.05) is 32.9 Å². The SMILES string of the molecule is COC1CC(=O)c2c(cccc2N(C(C)=O)C(C)=O)C1. The van der Waals surface area contributed by atoms with Gasteiger partial charge in [0.2, 0.25) is 11.8 Å². The summed E-state index contributed by atoms with van der Waals surface area (Å²) in [6.45, 7) is 2.62. The summed E-state index contributed by atoms with van der Waals surface area (Å²) in [5.74, 6) is -0.888. The molecule has 1 aromatic carbocycles. The first kappa shape index (κ1) is 14.4. The Kier molecular flexibility index (Phi) is 3.99. The molecule has 0 bridgehead atoms. The number of rotatable bonds is 2. The molecule has 0 saturated heterocycles. The number of imide groups is 1. The van der Waals surface area contributed by atoms with Crippen LogP contribution in [0.3, 0.4) is 0 Å². The first-order valence-corrected chi connectivity index (χ1v) is 6.44. The second-order valence-corrected chi connectivity index (χ2v) is 4.87. The maximum atomic E-state index is 12.3. The van der Waals surface area contributed by atoms with E-state index in [0.717, 1.165) is 10.5 Å². The molecule has 1 aliphatic rings. The number of amides is 2. The van der Waals surface area contributed by atoms with Crippen LogP contribution >= 0.6 is 0 Å². The van der Waals surface area contributed by atoms with Crippen LogP contribution in [0.25, 0.3) is 0 Å². The molecule has 106 valence electrons. The van der Waals surface area contributed by atoms with E-state index in [9.17, 15) is 14.4 Å². The Balaban J connectivity index is 2.55. The number of Topliss-reactive ketones (excluding diaryl/α,β-unsaturated/α-hetero) is 1. The summed E-state index contributed by atoms with van der Waals surface area (Å²) in [6.07, 6.45) is 0.729. The van der Waals surface area contributed by atoms with E-state index in [0.29, 0.717) is 17.7 Å². The lowest BCUT2D eigenvalue weighted by molar-refractivity contribution is -0.124. The zero-order valence-electron chi connectivity index (χ0n) is 11.8. The van der Waals surface area contributed by atoms with Gasteiger partial charge in [0.25, 0.3) is 0 Å². The van der Waals surface area contributed by atoms with E-state index in [2.05, 4.69) is 0 Å². The Morgan fingerprint density at radius 1 is 1.20 bits per heavy atom. The number of nitrogens with zero attached hydrogens (tertiary/aromatic N) is 1. The molecule has 2 amide bonds. The average molecular weight is 275 g/mol. The third-order valence-corrected chi connectivity index (χ3v) is 3.47. The zero-order valence-corrected chi connectivity index (χ0v) is 11.8. The lowest BCUT2D eigenvalue weighted by atomic mass is 9.87. The van der Waals surface area contributed by atoms with Crippen LogP contribution < -0.4 is 4.90 Å². The van der Waals surface area contributed by atoms with Gasteiger partial charge < -0.3 is 4.74 Å². The van der Waals surface area contributed by atoms with Crippen molar-refractivity contribution in [3.8, 4) is 0 Å². The summed E-state index contributed by atoms with van der Waals surface area (Å²) in [6, 6.07) is 5.21. The van der Waals surface area contributed by atoms with Gasteiger partial charge in [-0.1, -0.05) is 12.1 Å². The van der Waals surface area contributed by atoms with Gasteiger partial charge in [-0.2, -0.15) is 0 Å². The van der Waals surface area contributed by atoms with Crippen LogP contribution in [-0.4, -0.2) is 30.8 Å². The maximum absolute atomic E-state index is 12.3. The minimum absolute atomic E-state index is 0.0961. The summed E-state index contributed by atoms with van der Waals surface area (Å²) < 4.78 is 5.25. The number of carbonyl (C=O) groups excluding carboxylic acids is 3. The van der Waals surface area contributed by atoms with Gasteiger partial charge in [-0.05, 0) is 18.1 Å². The fraction of sp³-hybridized carbons (Fsp3) is 0.400. The Labute approximate surface area is 117 Å². The van der Waals surface area contributed by atoms with Crippen LogP contribution in [0.5, 0.6) is 0 Å². The number of methoxy groups -OCH3 is 1. The summed E-state index contributed by atoms with van der Waals surface area (Å²) in [4.78, 5) is 36.7. The molecule has 0 saturated carbocycles. The number of ketones is 1. The monoisotopic (exact) mass is 275 g/mol. The molecular weight excluding hydrogens is 258 g/mol. The first-order chi connectivity index (χ1) is 9.45. The largest absolute Gasteiger partial charge is 0.381 e. The van der Waals surface area contributed by atoms with Crippen molar-refractivity contribution in [2.75, 3.05) is 12.0 Å². The van der Waals surface area contributed by atoms with Crippen LogP contribution in [0.15, 0.2) is 18.2 Å². The van der Waals surface area contributed by atoms with Crippen molar-refractivity contribution in [1.82, 2.24) is 0 Å². The Morgan fingerprint density at radius 3 is 2.40 bits per heavy atom. The van der Waals surface area contributed by atoms with Gasteiger partial charge in [0.15, 0.2) is 5.78 Å². The summed E-state index contributed by atoms with van der Waals surface area (Å²) in [5.41, 5.74) is 1.66. The Hall–Kier alpha value is -2.01. The molecule has 0 radical (unpaired) electrons. The number of hydrogen-bond donors (Lipinski definition) is 0. The van der Waals surface area contributed by atoms with E-state index in [4.69, 9.17) is 4.74 Å². The standard InChI is InChI=1S/C15H17NO4/c1-9(17)16(10(2)18)13-6-4-5-11-7-12(20-3)8-14(19)15(11)13/h4-6,12H,7-8H2,1-3H3. The highest BCUT2D eigenvalue weighted by atomic mass is 16.5. The minimum Gasteiger partial charge on any atom is -0.381 e. The third kappa shape index (κ3) is 2.49. The van der Waals surface area contributed by atoms with Crippen molar-refractivity contribution >= 4 is 23.3 Å². The number of carbonyl (C=O) groups is 3. The third-order valence-electron chi connectivity index (χ3n) is 3.47. The van der Waals surface area contributed by atoms with Gasteiger partial charge in [0.1, 0.15) is 0 Å². The highest BCUT2D eigenvalue weighted by Crippen LogP contribution is 2.31. The summed E-state index contributed by atoms with van der Waals surface area (Å²) >= 11 is 0. The van der Waals surface area contributed by atoms with E-state index in [-0.39, 0.29) is 18.3 Å². The lowest BCUT2D eigenvalue weighted by Gasteiger charge is -2.27. The second kappa shape index (κ2) is 5.54. The maximum Gasteiger partial charge on any atom is 0.230 e. The number of hydrogen-bond acceptors (Lipinski definition) is 4. The smallest absolute Gasteiger partial charge is 0.230 e. The molecule has 2 rings (SSSR count). The van der Waals surface area contributed by atoms with Gasteiger partial charge in [0.05, 0.1) is 11.8 Å². The minimum atomic E-state index is -0.396. The zero-order chi connectivity index (χ0) is 14.9. The molecular formula is C15H17NO4. The summed E-state index contributed by atoms with van der Waals surface area (Å²) in [5, 5.41) is 0. The van der Waals surface area contributed by atoms with Crippen LogP contribution in [0.4, 0.5) is 5.69 Å². The van der Waals surface area contributed by atoms with E-state index < -0.39 is 11.8 Å².